The van der Waals surface area contributed by atoms with Gasteiger partial charge >= 0.3 is 0 Å². The van der Waals surface area contributed by atoms with Crippen LogP contribution in [0.5, 0.6) is 11.5 Å². The number of rotatable bonds is 7. The molecule has 2 heterocycles. The van der Waals surface area contributed by atoms with E-state index in [9.17, 15) is 9.59 Å². The number of halogens is 2. The number of pyridine rings is 1. The van der Waals surface area contributed by atoms with Gasteiger partial charge in [-0.25, -0.2) is 8.78 Å². The molecule has 9 heteroatoms. The molecule has 0 radical (unpaired) electrons. The summed E-state index contributed by atoms with van der Waals surface area (Å²) in [5, 5.41) is 2.65. The molecule has 3 aromatic rings. The van der Waals surface area contributed by atoms with Crippen LogP contribution >= 0.6 is 0 Å². The lowest BCUT2D eigenvalue weighted by Gasteiger charge is -2.35. The number of hydrogen-bond donors (Lipinski definition) is 1. The monoisotopic (exact) mass is 479 g/mol. The molecule has 4 rings (SSSR count). The molecular formula is C26H23F2N3O4. The Morgan fingerprint density at radius 1 is 1.17 bits per heavy atom. The Balaban J connectivity index is 1.85. The lowest BCUT2D eigenvalue weighted by atomic mass is 9.84. The molecule has 0 spiro atoms. The summed E-state index contributed by atoms with van der Waals surface area (Å²) in [6.45, 7) is 3.43. The average molecular weight is 479 g/mol. The predicted molar refractivity (Wildman–Crippen MR) is 125 cm³/mol. The Bertz CT molecular complexity index is 1270. The van der Waals surface area contributed by atoms with Gasteiger partial charge in [0.05, 0.1) is 38.9 Å². The summed E-state index contributed by atoms with van der Waals surface area (Å²) in [6.07, 6.45) is 2.70. The second kappa shape index (κ2) is 9.92. The van der Waals surface area contributed by atoms with Crippen molar-refractivity contribution in [1.82, 2.24) is 10.3 Å². The van der Waals surface area contributed by atoms with E-state index in [2.05, 4.69) is 16.9 Å². The summed E-state index contributed by atoms with van der Waals surface area (Å²) in [5.74, 6) is -4.25. The fraction of sp³-hybridized carbons (Fsp3) is 0.192. The van der Waals surface area contributed by atoms with Crippen LogP contribution in [0.3, 0.4) is 0 Å². The molecule has 180 valence electrons. The molecule has 2 amide bonds. The topological polar surface area (TPSA) is 80.8 Å². The van der Waals surface area contributed by atoms with Crippen molar-refractivity contribution in [3.05, 3.63) is 95.3 Å². The second-order valence-electron chi connectivity index (χ2n) is 7.82. The number of amides is 2. The van der Waals surface area contributed by atoms with Crippen LogP contribution in [0, 0.1) is 11.6 Å². The summed E-state index contributed by atoms with van der Waals surface area (Å²) >= 11 is 0. The van der Waals surface area contributed by atoms with Crippen LogP contribution in [0.15, 0.2) is 61.3 Å². The number of carbonyl (C=O) groups is 2. The third-order valence-electron chi connectivity index (χ3n) is 5.81. The highest BCUT2D eigenvalue weighted by molar-refractivity contribution is 6.02. The first kappa shape index (κ1) is 23.9. The molecule has 1 atom stereocenters. The van der Waals surface area contributed by atoms with Crippen LogP contribution in [0.2, 0.25) is 0 Å². The largest absolute Gasteiger partial charge is 0.493 e. The van der Waals surface area contributed by atoms with Crippen LogP contribution in [0.25, 0.3) is 0 Å². The molecule has 1 aliphatic rings. The van der Waals surface area contributed by atoms with Gasteiger partial charge in [0, 0.05) is 12.3 Å². The van der Waals surface area contributed by atoms with Crippen LogP contribution in [-0.2, 0) is 22.7 Å². The number of anilines is 1. The first-order valence-electron chi connectivity index (χ1n) is 10.7. The van der Waals surface area contributed by atoms with E-state index < -0.39 is 29.1 Å². The number of fused-ring (bicyclic) bond motifs is 1. The van der Waals surface area contributed by atoms with Crippen molar-refractivity contribution >= 4 is 17.5 Å². The van der Waals surface area contributed by atoms with Crippen molar-refractivity contribution in [3.8, 4) is 11.5 Å². The Kier molecular flexibility index (Phi) is 6.77. The highest BCUT2D eigenvalue weighted by Gasteiger charge is 2.39. The van der Waals surface area contributed by atoms with Crippen molar-refractivity contribution in [3.63, 3.8) is 0 Å². The molecule has 2 aromatic carbocycles. The van der Waals surface area contributed by atoms with Gasteiger partial charge < -0.3 is 19.7 Å². The smallest absolute Gasteiger partial charge is 0.243 e. The van der Waals surface area contributed by atoms with E-state index in [1.165, 1.54) is 14.2 Å². The minimum atomic E-state index is -1.01. The van der Waals surface area contributed by atoms with E-state index in [1.807, 2.05) is 6.07 Å². The van der Waals surface area contributed by atoms with E-state index in [0.717, 1.165) is 17.0 Å². The zero-order valence-electron chi connectivity index (χ0n) is 19.2. The van der Waals surface area contributed by atoms with Crippen molar-refractivity contribution < 1.29 is 27.8 Å². The highest BCUT2D eigenvalue weighted by atomic mass is 19.1. The van der Waals surface area contributed by atoms with Gasteiger partial charge in [0.2, 0.25) is 11.8 Å². The average Bonchev–Trinajstić information content (AvgIpc) is 2.88. The van der Waals surface area contributed by atoms with Gasteiger partial charge in [-0.3, -0.25) is 14.6 Å². The molecular weight excluding hydrogens is 456 g/mol. The van der Waals surface area contributed by atoms with Gasteiger partial charge in [0.1, 0.15) is 5.69 Å². The SMILES string of the molecule is C=CC(=O)NCc1cc2c(cn1)CN(c1c(F)c(OC)cc(OC)c1F)C(=O)C2c1ccccc1. The number of nitrogens with one attached hydrogen (secondary N) is 1. The van der Waals surface area contributed by atoms with Crippen LogP contribution in [0.4, 0.5) is 14.5 Å². The van der Waals surface area contributed by atoms with Gasteiger partial charge in [-0.1, -0.05) is 36.9 Å². The molecule has 1 N–H and O–H groups in total. The summed E-state index contributed by atoms with van der Waals surface area (Å²) < 4.78 is 40.7. The first-order valence-corrected chi connectivity index (χ1v) is 10.7. The maximum atomic E-state index is 15.3. The van der Waals surface area contributed by atoms with Crippen LogP contribution in [-0.4, -0.2) is 31.0 Å². The lowest BCUT2D eigenvalue weighted by molar-refractivity contribution is -0.120. The normalized spacial score (nSPS) is 14.8. The third-order valence-corrected chi connectivity index (χ3v) is 5.81. The van der Waals surface area contributed by atoms with Crippen molar-refractivity contribution in [2.24, 2.45) is 0 Å². The van der Waals surface area contributed by atoms with E-state index in [4.69, 9.17) is 9.47 Å². The molecule has 7 nitrogen and oxygen atoms in total. The van der Waals surface area contributed by atoms with Gasteiger partial charge in [-0.05, 0) is 28.8 Å². The second-order valence-corrected chi connectivity index (χ2v) is 7.82. The summed E-state index contributed by atoms with van der Waals surface area (Å²) in [7, 11) is 2.49. The number of aromatic nitrogens is 1. The number of hydrogen-bond acceptors (Lipinski definition) is 5. The number of carbonyl (C=O) groups excluding carboxylic acids is 2. The zero-order valence-corrected chi connectivity index (χ0v) is 19.2. The molecule has 1 aromatic heterocycles. The molecule has 0 fully saturated rings. The fourth-order valence-corrected chi connectivity index (χ4v) is 4.10. The van der Waals surface area contributed by atoms with Gasteiger partial charge in [-0.2, -0.15) is 0 Å². The fourth-order valence-electron chi connectivity index (χ4n) is 4.10. The summed E-state index contributed by atoms with van der Waals surface area (Å²) in [5.41, 5.74) is 1.87. The predicted octanol–water partition coefficient (Wildman–Crippen LogP) is 3.86. The zero-order chi connectivity index (χ0) is 25.1. The minimum Gasteiger partial charge on any atom is -0.493 e. The number of benzene rings is 2. The number of ether oxygens (including phenoxy) is 2. The van der Waals surface area contributed by atoms with Crippen LogP contribution < -0.4 is 19.7 Å². The molecule has 1 unspecified atom stereocenters. The number of nitrogens with zero attached hydrogens (tertiary/aromatic N) is 2. The maximum absolute atomic E-state index is 15.3. The molecule has 0 saturated heterocycles. The van der Waals surface area contributed by atoms with E-state index in [0.29, 0.717) is 22.4 Å². The van der Waals surface area contributed by atoms with E-state index in [-0.39, 0.29) is 30.5 Å². The lowest BCUT2D eigenvalue weighted by Crippen LogP contribution is -2.41. The quantitative estimate of drug-likeness (QED) is 0.521. The maximum Gasteiger partial charge on any atom is 0.243 e. The van der Waals surface area contributed by atoms with Gasteiger partial charge in [-0.15, -0.1) is 0 Å². The standard InChI is InChI=1S/C26H23F2N3O4/c1-4-21(32)30-13-17-10-18-16(12-29-17)14-31(26(33)22(18)15-8-6-5-7-9-15)25-23(27)19(34-2)11-20(35-3)24(25)28/h4-12,22H,1,13-14H2,2-3H3,(H,30,32). The summed E-state index contributed by atoms with van der Waals surface area (Å²) in [4.78, 5) is 30.8. The molecule has 35 heavy (non-hydrogen) atoms. The number of methoxy groups -OCH3 is 2. The molecule has 1 aliphatic heterocycles. The molecule has 0 aliphatic carbocycles. The molecule has 0 bridgehead atoms. The first-order chi connectivity index (χ1) is 16.9. The van der Waals surface area contributed by atoms with Crippen molar-refractivity contribution in [2.45, 2.75) is 19.0 Å². The van der Waals surface area contributed by atoms with Gasteiger partial charge in [0.25, 0.3) is 0 Å². The van der Waals surface area contributed by atoms with E-state index in [1.54, 1.807) is 36.5 Å². The highest BCUT2D eigenvalue weighted by Crippen LogP contribution is 2.42. The Hall–Kier alpha value is -4.27. The Morgan fingerprint density at radius 2 is 1.83 bits per heavy atom. The van der Waals surface area contributed by atoms with Gasteiger partial charge in [0.15, 0.2) is 23.1 Å². The Labute approximate surface area is 201 Å². The van der Waals surface area contributed by atoms with Crippen LogP contribution in [0.1, 0.15) is 28.3 Å². The van der Waals surface area contributed by atoms with E-state index >= 15 is 8.78 Å². The van der Waals surface area contributed by atoms with Crippen molar-refractivity contribution in [1.29, 1.82) is 0 Å². The Morgan fingerprint density at radius 3 is 2.43 bits per heavy atom. The minimum absolute atomic E-state index is 0.117. The molecule has 0 saturated carbocycles. The van der Waals surface area contributed by atoms with Crippen molar-refractivity contribution in [2.75, 3.05) is 19.1 Å². The summed E-state index contributed by atoms with van der Waals surface area (Å²) in [6, 6.07) is 11.7. The third kappa shape index (κ3) is 4.44.